The van der Waals surface area contributed by atoms with Crippen LogP contribution >= 0.6 is 0 Å². The van der Waals surface area contributed by atoms with Gasteiger partial charge in [0.2, 0.25) is 0 Å². The van der Waals surface area contributed by atoms with Crippen molar-refractivity contribution in [1.29, 1.82) is 0 Å². The molecule has 0 aliphatic heterocycles. The van der Waals surface area contributed by atoms with Crippen molar-refractivity contribution in [2.24, 2.45) is 40.9 Å². The molecule has 130 valence electrons. The summed E-state index contributed by atoms with van der Waals surface area (Å²) in [6, 6.07) is 0. The molecule has 0 heterocycles. The summed E-state index contributed by atoms with van der Waals surface area (Å²) in [6.07, 6.45) is 14.4. The minimum absolute atomic E-state index is 0.0776. The average molecular weight is 319 g/mol. The largest absolute Gasteiger partial charge is 0.393 e. The molecule has 2 heteroatoms. The van der Waals surface area contributed by atoms with Crippen molar-refractivity contribution >= 4 is 0 Å². The van der Waals surface area contributed by atoms with E-state index in [4.69, 9.17) is 0 Å². The molecule has 0 aromatic carbocycles. The smallest absolute Gasteiger partial charge is 0.0546 e. The summed E-state index contributed by atoms with van der Waals surface area (Å²) >= 11 is 0. The van der Waals surface area contributed by atoms with Crippen molar-refractivity contribution in [3.05, 3.63) is 12.2 Å². The first-order chi connectivity index (χ1) is 11.0. The first-order valence-electron chi connectivity index (χ1n) is 10.0. The lowest BCUT2D eigenvalue weighted by Gasteiger charge is -2.50. The normalized spacial score (nSPS) is 53.8. The van der Waals surface area contributed by atoms with Crippen LogP contribution in [0.15, 0.2) is 12.2 Å². The molecule has 1 unspecified atom stereocenters. The maximum Gasteiger partial charge on any atom is 0.0546 e. The van der Waals surface area contributed by atoms with Crippen molar-refractivity contribution < 1.29 is 10.2 Å². The highest BCUT2D eigenvalue weighted by Gasteiger charge is 2.55. The third-order valence-corrected chi connectivity index (χ3v) is 8.30. The summed E-state index contributed by atoms with van der Waals surface area (Å²) in [5.41, 5.74) is 0.341. The Morgan fingerprint density at radius 3 is 2.65 bits per heavy atom. The Kier molecular flexibility index (Phi) is 4.13. The molecule has 23 heavy (non-hydrogen) atoms. The van der Waals surface area contributed by atoms with Gasteiger partial charge < -0.3 is 10.2 Å². The summed E-state index contributed by atoms with van der Waals surface area (Å²) in [6.45, 7) is 4.48. The van der Waals surface area contributed by atoms with Crippen molar-refractivity contribution in [3.8, 4) is 0 Å². The summed E-state index contributed by atoms with van der Waals surface area (Å²) in [7, 11) is 0. The van der Waals surface area contributed by atoms with Crippen LogP contribution in [-0.2, 0) is 0 Å². The second-order valence-electron chi connectivity index (χ2n) is 9.42. The van der Waals surface area contributed by atoms with E-state index in [1.165, 1.54) is 38.5 Å². The molecule has 9 atom stereocenters. The Bertz CT molecular complexity index is 470. The second-order valence-corrected chi connectivity index (χ2v) is 9.42. The number of hydrogen-bond donors (Lipinski definition) is 2. The third-order valence-electron chi connectivity index (χ3n) is 8.30. The maximum atomic E-state index is 10.3. The predicted molar refractivity (Wildman–Crippen MR) is 92.8 cm³/mol. The SMILES string of the molecule is CC(O)[C@H]1CC[C@H]2[C@@H]3C=C[C@@H]4C[C@H](O)CC[C@H](C4)[C@H]3CC[C@]12C. The lowest BCUT2D eigenvalue weighted by molar-refractivity contribution is -0.0282. The first kappa shape index (κ1) is 16.1. The summed E-state index contributed by atoms with van der Waals surface area (Å²) in [4.78, 5) is 0. The molecule has 0 amide bonds. The van der Waals surface area contributed by atoms with E-state index in [-0.39, 0.29) is 12.2 Å². The van der Waals surface area contributed by atoms with Gasteiger partial charge in [-0.25, -0.2) is 0 Å². The maximum absolute atomic E-state index is 10.3. The van der Waals surface area contributed by atoms with E-state index in [1.807, 2.05) is 6.92 Å². The zero-order chi connectivity index (χ0) is 16.2. The summed E-state index contributed by atoms with van der Waals surface area (Å²) in [5, 5.41) is 20.4. The van der Waals surface area contributed by atoms with E-state index in [0.717, 1.165) is 36.5 Å². The molecule has 0 aromatic rings. The van der Waals surface area contributed by atoms with Crippen LogP contribution in [0.2, 0.25) is 0 Å². The fourth-order valence-electron chi connectivity index (χ4n) is 7.19. The van der Waals surface area contributed by atoms with Gasteiger partial charge in [0.05, 0.1) is 12.2 Å². The molecule has 2 N–H and O–H groups in total. The quantitative estimate of drug-likeness (QED) is 0.713. The van der Waals surface area contributed by atoms with E-state index < -0.39 is 0 Å². The molecular weight excluding hydrogens is 284 g/mol. The molecule has 3 saturated carbocycles. The van der Waals surface area contributed by atoms with Crippen LogP contribution in [0.1, 0.15) is 65.2 Å². The third kappa shape index (κ3) is 2.61. The molecule has 2 bridgehead atoms. The van der Waals surface area contributed by atoms with E-state index in [1.54, 1.807) is 0 Å². The second kappa shape index (κ2) is 5.88. The first-order valence-corrected chi connectivity index (χ1v) is 10.0. The van der Waals surface area contributed by atoms with Crippen LogP contribution < -0.4 is 0 Å². The number of aliphatic hydroxyl groups excluding tert-OH is 2. The van der Waals surface area contributed by atoms with Crippen LogP contribution in [0.25, 0.3) is 0 Å². The highest BCUT2D eigenvalue weighted by atomic mass is 16.3. The number of rotatable bonds is 1. The zero-order valence-electron chi connectivity index (χ0n) is 14.8. The van der Waals surface area contributed by atoms with Crippen molar-refractivity contribution in [2.75, 3.05) is 0 Å². The Balaban J connectivity index is 1.63. The molecule has 0 aromatic heterocycles. The van der Waals surface area contributed by atoms with Gasteiger partial charge in [-0.05, 0) is 99.2 Å². The van der Waals surface area contributed by atoms with Crippen LogP contribution in [0.3, 0.4) is 0 Å². The lowest BCUT2D eigenvalue weighted by Crippen LogP contribution is -2.44. The Hall–Kier alpha value is -0.340. The molecule has 3 fully saturated rings. The molecule has 4 aliphatic carbocycles. The predicted octanol–water partition coefficient (Wildman–Crippen LogP) is 4.16. The van der Waals surface area contributed by atoms with E-state index in [2.05, 4.69) is 19.1 Å². The van der Waals surface area contributed by atoms with Gasteiger partial charge in [0.1, 0.15) is 0 Å². The van der Waals surface area contributed by atoms with Crippen molar-refractivity contribution in [3.63, 3.8) is 0 Å². The van der Waals surface area contributed by atoms with Gasteiger partial charge in [-0.15, -0.1) is 0 Å². The molecule has 2 nitrogen and oxygen atoms in total. The monoisotopic (exact) mass is 318 g/mol. The highest BCUT2D eigenvalue weighted by Crippen LogP contribution is 2.62. The van der Waals surface area contributed by atoms with Gasteiger partial charge in [-0.1, -0.05) is 19.1 Å². The van der Waals surface area contributed by atoms with E-state index in [0.29, 0.717) is 17.3 Å². The molecular formula is C21H34O2. The standard InChI is InChI=1S/C21H34O2/c1-13(22)19-7-8-20-18-6-3-14-11-15(4-5-16(23)12-14)17(18)9-10-21(19,20)2/h3,6,13-20,22-23H,4-5,7-12H2,1-2H3/t13?,14-,15+,16+,17+,18+,19+,20-,21+/m0/s1. The highest BCUT2D eigenvalue weighted by molar-refractivity contribution is 5.12. The molecule has 4 rings (SSSR count). The number of allylic oxidation sites excluding steroid dienone is 2. The van der Waals surface area contributed by atoms with Gasteiger partial charge in [0, 0.05) is 0 Å². The molecule has 0 spiro atoms. The average Bonchev–Trinajstić information content (AvgIpc) is 2.64. The lowest BCUT2D eigenvalue weighted by atomic mass is 9.55. The topological polar surface area (TPSA) is 40.5 Å². The minimum atomic E-state index is -0.158. The van der Waals surface area contributed by atoms with Crippen molar-refractivity contribution in [2.45, 2.75) is 77.4 Å². The van der Waals surface area contributed by atoms with Gasteiger partial charge in [-0.2, -0.15) is 0 Å². The fraction of sp³-hybridized carbons (Fsp3) is 0.905. The van der Waals surface area contributed by atoms with Crippen molar-refractivity contribution in [1.82, 2.24) is 0 Å². The van der Waals surface area contributed by atoms with Gasteiger partial charge in [-0.3, -0.25) is 0 Å². The number of aliphatic hydroxyl groups is 2. The Labute approximate surface area is 141 Å². The van der Waals surface area contributed by atoms with E-state index >= 15 is 0 Å². The summed E-state index contributed by atoms with van der Waals surface area (Å²) in [5.74, 6) is 4.22. The number of hydrogen-bond acceptors (Lipinski definition) is 2. The van der Waals surface area contributed by atoms with Crippen LogP contribution in [0, 0.1) is 40.9 Å². The fourth-order valence-corrected chi connectivity index (χ4v) is 7.19. The van der Waals surface area contributed by atoms with Crippen LogP contribution in [-0.4, -0.2) is 22.4 Å². The Morgan fingerprint density at radius 1 is 1.04 bits per heavy atom. The molecule has 4 aliphatic rings. The molecule has 0 saturated heterocycles. The van der Waals surface area contributed by atoms with Crippen LogP contribution in [0.5, 0.6) is 0 Å². The number of fused-ring (bicyclic) bond motifs is 6. The van der Waals surface area contributed by atoms with E-state index in [9.17, 15) is 10.2 Å². The van der Waals surface area contributed by atoms with Gasteiger partial charge in [0.15, 0.2) is 0 Å². The van der Waals surface area contributed by atoms with Gasteiger partial charge >= 0.3 is 0 Å². The Morgan fingerprint density at radius 2 is 1.87 bits per heavy atom. The molecule has 0 radical (unpaired) electrons. The minimum Gasteiger partial charge on any atom is -0.393 e. The van der Waals surface area contributed by atoms with Gasteiger partial charge in [0.25, 0.3) is 0 Å². The zero-order valence-corrected chi connectivity index (χ0v) is 14.8. The van der Waals surface area contributed by atoms with Crippen LogP contribution in [0.4, 0.5) is 0 Å². The summed E-state index contributed by atoms with van der Waals surface area (Å²) < 4.78 is 0.